The fraction of sp³-hybridized carbons (Fsp3) is 0.667. The van der Waals surface area contributed by atoms with Gasteiger partial charge < -0.3 is 14.6 Å². The molecule has 32 heavy (non-hydrogen) atoms. The van der Waals surface area contributed by atoms with Crippen molar-refractivity contribution < 1.29 is 24.2 Å². The highest BCUT2D eigenvalue weighted by atomic mass is 35.5. The second kappa shape index (κ2) is 9.87. The number of carboxylic acid groups (broad SMARTS) is 1. The third-order valence-corrected chi connectivity index (χ3v) is 6.27. The molecule has 0 radical (unpaired) electrons. The number of halogens is 1. The zero-order valence-corrected chi connectivity index (χ0v) is 21.1. The molecule has 0 aliphatic carbocycles. The Morgan fingerprint density at radius 2 is 1.81 bits per heavy atom. The summed E-state index contributed by atoms with van der Waals surface area (Å²) in [7, 11) is 0. The number of esters is 1. The van der Waals surface area contributed by atoms with E-state index in [2.05, 4.69) is 25.7 Å². The fourth-order valence-corrected chi connectivity index (χ4v) is 4.63. The number of carbonyl (C=O) groups is 2. The summed E-state index contributed by atoms with van der Waals surface area (Å²) < 4.78 is 11.1. The Kier molecular flexibility index (Phi) is 8.10. The van der Waals surface area contributed by atoms with Gasteiger partial charge in [0.05, 0.1) is 5.54 Å². The van der Waals surface area contributed by atoms with Crippen LogP contribution in [-0.2, 0) is 16.1 Å². The van der Waals surface area contributed by atoms with Crippen LogP contribution in [0, 0.1) is 5.41 Å². The molecule has 0 saturated carbocycles. The molecule has 1 aliphatic rings. The van der Waals surface area contributed by atoms with E-state index in [-0.39, 0.29) is 12.0 Å². The van der Waals surface area contributed by atoms with Gasteiger partial charge in [-0.05, 0) is 50.8 Å². The minimum atomic E-state index is -0.884. The molecule has 180 valence electrons. The second-order valence-corrected chi connectivity index (χ2v) is 10.8. The van der Waals surface area contributed by atoms with Crippen LogP contribution in [0.25, 0.3) is 0 Å². The SMILES string of the molecule is CC[C@]1(C(C)(C)C)CN(Cc2cc(Cl)ccc2OCC(=O)OC(C)(C)C)CCN1C(=O)O. The summed E-state index contributed by atoms with van der Waals surface area (Å²) in [5, 5.41) is 10.4. The highest BCUT2D eigenvalue weighted by molar-refractivity contribution is 6.30. The van der Waals surface area contributed by atoms with Crippen molar-refractivity contribution in [1.82, 2.24) is 9.80 Å². The monoisotopic (exact) mass is 468 g/mol. The molecular weight excluding hydrogens is 432 g/mol. The van der Waals surface area contributed by atoms with Crippen molar-refractivity contribution in [2.45, 2.75) is 72.6 Å². The highest BCUT2D eigenvalue weighted by Gasteiger charge is 2.50. The number of nitrogens with zero attached hydrogens (tertiary/aromatic N) is 2. The summed E-state index contributed by atoms with van der Waals surface area (Å²) >= 11 is 6.25. The first-order valence-electron chi connectivity index (χ1n) is 11.0. The maximum atomic E-state index is 12.1. The topological polar surface area (TPSA) is 79.3 Å². The van der Waals surface area contributed by atoms with Crippen molar-refractivity contribution in [3.63, 3.8) is 0 Å². The molecule has 0 bridgehead atoms. The Bertz CT molecular complexity index is 831. The van der Waals surface area contributed by atoms with Crippen molar-refractivity contribution in [2.24, 2.45) is 5.41 Å². The van der Waals surface area contributed by atoms with Gasteiger partial charge in [-0.2, -0.15) is 0 Å². The lowest BCUT2D eigenvalue weighted by molar-refractivity contribution is -0.157. The molecule has 1 atom stereocenters. The van der Waals surface area contributed by atoms with E-state index in [1.807, 2.05) is 33.8 Å². The fourth-order valence-electron chi connectivity index (χ4n) is 4.44. The number of piperazine rings is 1. The maximum absolute atomic E-state index is 12.1. The second-order valence-electron chi connectivity index (χ2n) is 10.4. The molecule has 0 spiro atoms. The number of benzene rings is 1. The van der Waals surface area contributed by atoms with Crippen molar-refractivity contribution >= 4 is 23.7 Å². The molecule has 1 saturated heterocycles. The number of hydrogen-bond acceptors (Lipinski definition) is 5. The third-order valence-electron chi connectivity index (χ3n) is 6.04. The number of amides is 1. The van der Waals surface area contributed by atoms with Crippen LogP contribution in [-0.4, -0.2) is 64.4 Å². The van der Waals surface area contributed by atoms with Gasteiger partial charge in [0.15, 0.2) is 6.61 Å². The molecule has 1 aliphatic heterocycles. The van der Waals surface area contributed by atoms with E-state index in [0.29, 0.717) is 43.4 Å². The van der Waals surface area contributed by atoms with Crippen LogP contribution in [0.5, 0.6) is 5.75 Å². The summed E-state index contributed by atoms with van der Waals surface area (Å²) in [6.45, 7) is 15.7. The molecule has 1 fully saturated rings. The average molecular weight is 469 g/mol. The number of carbonyl (C=O) groups excluding carboxylic acids is 1. The minimum absolute atomic E-state index is 0.195. The minimum Gasteiger partial charge on any atom is -0.482 e. The Morgan fingerprint density at radius 3 is 2.34 bits per heavy atom. The van der Waals surface area contributed by atoms with Gasteiger partial charge in [0.1, 0.15) is 11.4 Å². The third kappa shape index (κ3) is 6.29. The molecule has 0 aromatic heterocycles. The molecule has 8 heteroatoms. The Labute approximate surface area is 196 Å². The predicted octanol–water partition coefficient (Wildman–Crippen LogP) is 5.05. The first kappa shape index (κ1) is 26.3. The lowest BCUT2D eigenvalue weighted by Crippen LogP contribution is -2.68. The van der Waals surface area contributed by atoms with E-state index in [4.69, 9.17) is 21.1 Å². The zero-order chi connectivity index (χ0) is 24.3. The molecule has 0 unspecified atom stereocenters. The predicted molar refractivity (Wildman–Crippen MR) is 125 cm³/mol. The normalized spacial score (nSPS) is 20.2. The Balaban J connectivity index is 2.22. The molecule has 2 rings (SSSR count). The van der Waals surface area contributed by atoms with Gasteiger partial charge in [-0.15, -0.1) is 0 Å². The van der Waals surface area contributed by atoms with E-state index in [1.54, 1.807) is 17.0 Å². The Hall–Kier alpha value is -1.99. The van der Waals surface area contributed by atoms with Crippen LogP contribution in [0.4, 0.5) is 4.79 Å². The van der Waals surface area contributed by atoms with Crippen molar-refractivity contribution in [2.75, 3.05) is 26.2 Å². The van der Waals surface area contributed by atoms with Crippen LogP contribution in [0.2, 0.25) is 5.02 Å². The van der Waals surface area contributed by atoms with Crippen LogP contribution in [0.1, 0.15) is 60.5 Å². The van der Waals surface area contributed by atoms with Crippen LogP contribution in [0.3, 0.4) is 0 Å². The summed E-state index contributed by atoms with van der Waals surface area (Å²) in [6.07, 6.45) is -0.179. The summed E-state index contributed by atoms with van der Waals surface area (Å²) in [5.41, 5.74) is -0.497. The van der Waals surface area contributed by atoms with Crippen molar-refractivity contribution in [1.29, 1.82) is 0 Å². The van der Waals surface area contributed by atoms with Crippen LogP contribution in [0.15, 0.2) is 18.2 Å². The lowest BCUT2D eigenvalue weighted by Gasteiger charge is -2.56. The number of ether oxygens (including phenoxy) is 2. The average Bonchev–Trinajstić information content (AvgIpc) is 2.64. The van der Waals surface area contributed by atoms with Gasteiger partial charge in [-0.1, -0.05) is 39.3 Å². The molecule has 1 heterocycles. The van der Waals surface area contributed by atoms with Gasteiger partial charge in [0.25, 0.3) is 0 Å². The van der Waals surface area contributed by atoms with Crippen molar-refractivity contribution in [3.8, 4) is 5.75 Å². The lowest BCUT2D eigenvalue weighted by atomic mass is 9.69. The maximum Gasteiger partial charge on any atom is 0.407 e. The van der Waals surface area contributed by atoms with Gasteiger partial charge in [-0.3, -0.25) is 9.80 Å². The first-order chi connectivity index (χ1) is 14.7. The standard InChI is InChI=1S/C24H37ClN2O5/c1-8-24(22(2,3)4)16-26(11-12-27(24)21(29)30)14-17-13-18(25)9-10-19(17)31-15-20(28)32-23(5,6)7/h9-10,13H,8,11-12,14-16H2,1-7H3,(H,29,30)/t24-/m1/s1. The first-order valence-corrected chi connectivity index (χ1v) is 11.4. The quantitative estimate of drug-likeness (QED) is 0.588. The Morgan fingerprint density at radius 1 is 1.16 bits per heavy atom. The van der Waals surface area contributed by atoms with Gasteiger partial charge >= 0.3 is 12.1 Å². The molecule has 1 N–H and O–H groups in total. The van der Waals surface area contributed by atoms with Gasteiger partial charge in [0, 0.05) is 36.8 Å². The molecule has 1 aromatic rings. The number of rotatable bonds is 6. The molecule has 1 amide bonds. The van der Waals surface area contributed by atoms with E-state index < -0.39 is 23.2 Å². The summed E-state index contributed by atoms with van der Waals surface area (Å²) in [4.78, 5) is 27.9. The van der Waals surface area contributed by atoms with Crippen LogP contribution < -0.4 is 4.74 Å². The van der Waals surface area contributed by atoms with E-state index in [0.717, 1.165) is 5.56 Å². The van der Waals surface area contributed by atoms with E-state index >= 15 is 0 Å². The summed E-state index contributed by atoms with van der Waals surface area (Å²) in [6, 6.07) is 5.32. The molecular formula is C24H37ClN2O5. The number of hydrogen-bond donors (Lipinski definition) is 1. The summed E-state index contributed by atoms with van der Waals surface area (Å²) in [5.74, 6) is 0.130. The highest BCUT2D eigenvalue weighted by Crippen LogP contribution is 2.42. The largest absolute Gasteiger partial charge is 0.482 e. The molecule has 1 aromatic carbocycles. The van der Waals surface area contributed by atoms with E-state index in [1.165, 1.54) is 0 Å². The van der Waals surface area contributed by atoms with E-state index in [9.17, 15) is 14.7 Å². The smallest absolute Gasteiger partial charge is 0.407 e. The van der Waals surface area contributed by atoms with Crippen LogP contribution >= 0.6 is 11.6 Å². The van der Waals surface area contributed by atoms with Gasteiger partial charge in [0.2, 0.25) is 0 Å². The van der Waals surface area contributed by atoms with Crippen molar-refractivity contribution in [3.05, 3.63) is 28.8 Å². The zero-order valence-electron chi connectivity index (χ0n) is 20.3. The molecule has 7 nitrogen and oxygen atoms in total. The van der Waals surface area contributed by atoms with Gasteiger partial charge in [-0.25, -0.2) is 9.59 Å².